The Morgan fingerprint density at radius 1 is 0.920 bits per heavy atom. The van der Waals surface area contributed by atoms with Gasteiger partial charge in [-0.05, 0) is 24.6 Å². The van der Waals surface area contributed by atoms with Crippen LogP contribution < -0.4 is 10.6 Å². The average molecular weight is 340 g/mol. The lowest BCUT2D eigenvalue weighted by Gasteiger charge is -2.21. The minimum Gasteiger partial charge on any atom is -0.481 e. The van der Waals surface area contributed by atoms with E-state index in [2.05, 4.69) is 10.6 Å². The topological polar surface area (TPSA) is 95.5 Å². The van der Waals surface area contributed by atoms with E-state index in [9.17, 15) is 14.4 Å². The first-order valence-electron chi connectivity index (χ1n) is 7.90. The Hall–Kier alpha value is -3.15. The summed E-state index contributed by atoms with van der Waals surface area (Å²) in [6, 6.07) is 16.0. The van der Waals surface area contributed by atoms with Gasteiger partial charge in [-0.25, -0.2) is 0 Å². The number of nitrogens with one attached hydrogen (secondary N) is 2. The first-order valence-corrected chi connectivity index (χ1v) is 7.90. The van der Waals surface area contributed by atoms with Crippen molar-refractivity contribution in [2.24, 2.45) is 0 Å². The fourth-order valence-corrected chi connectivity index (χ4v) is 2.34. The molecule has 0 spiro atoms. The van der Waals surface area contributed by atoms with Gasteiger partial charge in [-0.2, -0.15) is 0 Å². The summed E-state index contributed by atoms with van der Waals surface area (Å²) in [5.41, 5.74) is 1.15. The highest BCUT2D eigenvalue weighted by molar-refractivity contribution is 5.97. The van der Waals surface area contributed by atoms with Crippen molar-refractivity contribution in [1.82, 2.24) is 10.6 Å². The molecule has 0 aliphatic rings. The highest BCUT2D eigenvalue weighted by Crippen LogP contribution is 2.16. The Bertz CT molecular complexity index is 732. The largest absolute Gasteiger partial charge is 0.481 e. The van der Waals surface area contributed by atoms with Crippen LogP contribution in [-0.2, 0) is 9.59 Å². The summed E-state index contributed by atoms with van der Waals surface area (Å²) in [6.45, 7) is 1.55. The molecule has 2 aromatic rings. The van der Waals surface area contributed by atoms with Gasteiger partial charge in [-0.1, -0.05) is 48.5 Å². The molecular weight excluding hydrogens is 320 g/mol. The minimum atomic E-state index is -1.02. The van der Waals surface area contributed by atoms with E-state index < -0.39 is 24.0 Å². The second kappa shape index (κ2) is 8.63. The maximum absolute atomic E-state index is 12.4. The summed E-state index contributed by atoms with van der Waals surface area (Å²) in [7, 11) is 0. The monoisotopic (exact) mass is 340 g/mol. The quantitative estimate of drug-likeness (QED) is 0.719. The third kappa shape index (κ3) is 5.46. The molecule has 0 saturated heterocycles. The first-order chi connectivity index (χ1) is 12.0. The molecule has 25 heavy (non-hydrogen) atoms. The number of carbonyl (C=O) groups excluding carboxylic acids is 2. The van der Waals surface area contributed by atoms with Crippen LogP contribution in [0.2, 0.25) is 0 Å². The van der Waals surface area contributed by atoms with E-state index in [0.29, 0.717) is 11.1 Å². The third-order valence-electron chi connectivity index (χ3n) is 3.67. The summed E-state index contributed by atoms with van der Waals surface area (Å²) in [5.74, 6) is -1.83. The van der Waals surface area contributed by atoms with Crippen LogP contribution in [0.4, 0.5) is 0 Å². The van der Waals surface area contributed by atoms with E-state index in [1.807, 2.05) is 6.07 Å². The molecule has 0 bridgehead atoms. The lowest BCUT2D eigenvalue weighted by atomic mass is 10.0. The first kappa shape index (κ1) is 18.2. The van der Waals surface area contributed by atoms with Gasteiger partial charge in [0.05, 0.1) is 12.5 Å². The van der Waals surface area contributed by atoms with Gasteiger partial charge < -0.3 is 15.7 Å². The Kier molecular flexibility index (Phi) is 6.28. The third-order valence-corrected chi connectivity index (χ3v) is 3.67. The zero-order valence-electron chi connectivity index (χ0n) is 13.8. The summed E-state index contributed by atoms with van der Waals surface area (Å²) in [6.07, 6.45) is -0.241. The van der Waals surface area contributed by atoms with Crippen LogP contribution in [0.25, 0.3) is 0 Å². The SMILES string of the molecule is C[C@H](NC(=O)c1ccccc1)C(=O)N[C@H](CC(=O)O)c1ccccc1. The lowest BCUT2D eigenvalue weighted by molar-refractivity contribution is -0.137. The number of carbonyl (C=O) groups is 3. The Morgan fingerprint density at radius 3 is 2.04 bits per heavy atom. The van der Waals surface area contributed by atoms with Crippen molar-refractivity contribution in [3.63, 3.8) is 0 Å². The van der Waals surface area contributed by atoms with Gasteiger partial charge >= 0.3 is 5.97 Å². The van der Waals surface area contributed by atoms with Crippen molar-refractivity contribution in [3.8, 4) is 0 Å². The fraction of sp³-hybridized carbons (Fsp3) is 0.211. The zero-order valence-corrected chi connectivity index (χ0v) is 13.8. The number of rotatable bonds is 7. The maximum atomic E-state index is 12.4. The number of hydrogen-bond acceptors (Lipinski definition) is 3. The maximum Gasteiger partial charge on any atom is 0.305 e. The molecule has 0 aliphatic carbocycles. The zero-order chi connectivity index (χ0) is 18.2. The summed E-state index contributed by atoms with van der Waals surface area (Å²) in [4.78, 5) is 35.5. The van der Waals surface area contributed by atoms with Crippen molar-refractivity contribution in [3.05, 3.63) is 71.8 Å². The molecule has 2 amide bonds. The van der Waals surface area contributed by atoms with Crippen LogP contribution in [0.5, 0.6) is 0 Å². The molecule has 2 atom stereocenters. The molecule has 6 heteroatoms. The van der Waals surface area contributed by atoms with Crippen molar-refractivity contribution < 1.29 is 19.5 Å². The van der Waals surface area contributed by atoms with Crippen LogP contribution in [-0.4, -0.2) is 28.9 Å². The number of carboxylic acids is 1. The summed E-state index contributed by atoms with van der Waals surface area (Å²) >= 11 is 0. The van der Waals surface area contributed by atoms with E-state index in [-0.39, 0.29) is 12.3 Å². The highest BCUT2D eigenvalue weighted by atomic mass is 16.4. The highest BCUT2D eigenvalue weighted by Gasteiger charge is 2.22. The molecule has 2 aromatic carbocycles. The average Bonchev–Trinajstić information content (AvgIpc) is 2.62. The van der Waals surface area contributed by atoms with Crippen LogP contribution in [0, 0.1) is 0 Å². The summed E-state index contributed by atoms with van der Waals surface area (Å²) < 4.78 is 0. The van der Waals surface area contributed by atoms with Crippen molar-refractivity contribution in [2.75, 3.05) is 0 Å². The minimum absolute atomic E-state index is 0.241. The molecule has 0 aromatic heterocycles. The Balaban J connectivity index is 2.02. The predicted octanol–water partition coefficient (Wildman–Crippen LogP) is 2.14. The van der Waals surface area contributed by atoms with Crippen LogP contribution in [0.1, 0.15) is 35.3 Å². The second-order valence-corrected chi connectivity index (χ2v) is 5.63. The van der Waals surface area contributed by atoms with Gasteiger partial charge in [-0.15, -0.1) is 0 Å². The molecule has 0 unspecified atom stereocenters. The molecule has 2 rings (SSSR count). The van der Waals surface area contributed by atoms with Crippen LogP contribution >= 0.6 is 0 Å². The normalized spacial score (nSPS) is 12.7. The second-order valence-electron chi connectivity index (χ2n) is 5.63. The van der Waals surface area contributed by atoms with Crippen LogP contribution in [0.15, 0.2) is 60.7 Å². The molecule has 3 N–H and O–H groups in total. The molecule has 0 radical (unpaired) electrons. The van der Waals surface area contributed by atoms with Crippen molar-refractivity contribution in [2.45, 2.75) is 25.4 Å². The molecule has 6 nitrogen and oxygen atoms in total. The molecule has 130 valence electrons. The van der Waals surface area contributed by atoms with Gasteiger partial charge in [0, 0.05) is 5.56 Å². The Morgan fingerprint density at radius 2 is 1.48 bits per heavy atom. The van der Waals surface area contributed by atoms with Gasteiger partial charge in [0.15, 0.2) is 0 Å². The van der Waals surface area contributed by atoms with Gasteiger partial charge in [0.2, 0.25) is 5.91 Å². The predicted molar refractivity (Wildman–Crippen MR) is 92.9 cm³/mol. The number of aliphatic carboxylic acids is 1. The van der Waals surface area contributed by atoms with Gasteiger partial charge in [0.1, 0.15) is 6.04 Å². The molecule has 0 saturated carbocycles. The standard InChI is InChI=1S/C19H20N2O4/c1-13(20-19(25)15-10-6-3-7-11-15)18(24)21-16(12-17(22)23)14-8-4-2-5-9-14/h2-11,13,16H,12H2,1H3,(H,20,25)(H,21,24)(H,22,23)/t13-,16+/m0/s1. The van der Waals surface area contributed by atoms with Crippen LogP contribution in [0.3, 0.4) is 0 Å². The van der Waals surface area contributed by atoms with E-state index in [0.717, 1.165) is 0 Å². The molecule has 0 heterocycles. The molecule has 0 aliphatic heterocycles. The van der Waals surface area contributed by atoms with E-state index >= 15 is 0 Å². The lowest BCUT2D eigenvalue weighted by Crippen LogP contribution is -2.46. The molecule has 0 fully saturated rings. The number of carboxylic acid groups (broad SMARTS) is 1. The van der Waals surface area contributed by atoms with Crippen molar-refractivity contribution >= 4 is 17.8 Å². The van der Waals surface area contributed by atoms with Gasteiger partial charge in [-0.3, -0.25) is 14.4 Å². The Labute approximate surface area is 145 Å². The van der Waals surface area contributed by atoms with Crippen molar-refractivity contribution in [1.29, 1.82) is 0 Å². The van der Waals surface area contributed by atoms with E-state index in [4.69, 9.17) is 5.11 Å². The van der Waals surface area contributed by atoms with E-state index in [1.54, 1.807) is 61.5 Å². The fourth-order valence-electron chi connectivity index (χ4n) is 2.34. The number of amides is 2. The number of hydrogen-bond donors (Lipinski definition) is 3. The molecular formula is C19H20N2O4. The smallest absolute Gasteiger partial charge is 0.305 e. The van der Waals surface area contributed by atoms with E-state index in [1.165, 1.54) is 0 Å². The number of benzene rings is 2. The van der Waals surface area contributed by atoms with Gasteiger partial charge in [0.25, 0.3) is 5.91 Å². The summed E-state index contributed by atoms with van der Waals surface area (Å²) in [5, 5.41) is 14.4.